The number of hydrogen-bond acceptors (Lipinski definition) is 4. The molecule has 5 nitrogen and oxygen atoms in total. The standard InChI is InChI=1S/C9H17N3O2/c1-10-8(9(13-3)14-4)7-5-11-12(2)6-7/h5-6,8-10H,1-4H3. The van der Waals surface area contributed by atoms with Crippen LogP contribution in [0.4, 0.5) is 0 Å². The molecule has 0 saturated carbocycles. The molecule has 1 N–H and O–H groups in total. The van der Waals surface area contributed by atoms with Crippen molar-refractivity contribution < 1.29 is 9.47 Å². The lowest BCUT2D eigenvalue weighted by Gasteiger charge is -2.23. The van der Waals surface area contributed by atoms with Gasteiger partial charge in [-0.15, -0.1) is 0 Å². The Bertz CT molecular complexity index is 271. The van der Waals surface area contributed by atoms with Gasteiger partial charge in [-0.1, -0.05) is 0 Å². The van der Waals surface area contributed by atoms with Crippen molar-refractivity contribution in [3.63, 3.8) is 0 Å². The summed E-state index contributed by atoms with van der Waals surface area (Å²) in [6, 6.07) is -0.00120. The molecule has 0 aliphatic carbocycles. The highest BCUT2D eigenvalue weighted by Crippen LogP contribution is 2.17. The number of aromatic nitrogens is 2. The Morgan fingerprint density at radius 1 is 1.43 bits per heavy atom. The highest BCUT2D eigenvalue weighted by Gasteiger charge is 2.21. The first kappa shape index (κ1) is 11.2. The maximum Gasteiger partial charge on any atom is 0.176 e. The van der Waals surface area contributed by atoms with Crippen LogP contribution in [0.15, 0.2) is 12.4 Å². The molecule has 0 aromatic carbocycles. The monoisotopic (exact) mass is 199 g/mol. The predicted molar refractivity (Wildman–Crippen MR) is 52.8 cm³/mol. The highest BCUT2D eigenvalue weighted by molar-refractivity contribution is 5.11. The molecule has 0 bridgehead atoms. The van der Waals surface area contributed by atoms with Crippen molar-refractivity contribution in [3.05, 3.63) is 18.0 Å². The van der Waals surface area contributed by atoms with Gasteiger partial charge in [0.1, 0.15) is 0 Å². The van der Waals surface area contributed by atoms with E-state index in [2.05, 4.69) is 10.4 Å². The molecule has 1 heterocycles. The lowest BCUT2D eigenvalue weighted by atomic mass is 10.1. The lowest BCUT2D eigenvalue weighted by Crippen LogP contribution is -2.32. The van der Waals surface area contributed by atoms with Gasteiger partial charge >= 0.3 is 0 Å². The predicted octanol–water partition coefficient (Wildman–Crippen LogP) is 0.299. The number of ether oxygens (including phenoxy) is 2. The highest BCUT2D eigenvalue weighted by atomic mass is 16.7. The van der Waals surface area contributed by atoms with Gasteiger partial charge in [0.15, 0.2) is 6.29 Å². The summed E-state index contributed by atoms with van der Waals surface area (Å²) < 4.78 is 12.1. The van der Waals surface area contributed by atoms with Crippen LogP contribution in [0.5, 0.6) is 0 Å². The van der Waals surface area contributed by atoms with E-state index in [1.165, 1.54) is 0 Å². The van der Waals surface area contributed by atoms with Crippen molar-refractivity contribution in [2.24, 2.45) is 7.05 Å². The van der Waals surface area contributed by atoms with Gasteiger partial charge in [-0.2, -0.15) is 5.10 Å². The Morgan fingerprint density at radius 2 is 2.07 bits per heavy atom. The fourth-order valence-corrected chi connectivity index (χ4v) is 1.43. The quantitative estimate of drug-likeness (QED) is 0.693. The molecule has 0 amide bonds. The summed E-state index contributed by atoms with van der Waals surface area (Å²) in [5.74, 6) is 0. The topological polar surface area (TPSA) is 48.3 Å². The first-order valence-corrected chi connectivity index (χ1v) is 4.44. The third kappa shape index (κ3) is 2.31. The Kier molecular flexibility index (Phi) is 4.06. The van der Waals surface area contributed by atoms with Crippen LogP contribution in [0.2, 0.25) is 0 Å². The van der Waals surface area contributed by atoms with Crippen molar-refractivity contribution in [2.45, 2.75) is 12.3 Å². The van der Waals surface area contributed by atoms with Crippen LogP contribution in [0.3, 0.4) is 0 Å². The van der Waals surface area contributed by atoms with Gasteiger partial charge in [0.05, 0.1) is 12.2 Å². The molecule has 0 aliphatic heterocycles. The third-order valence-electron chi connectivity index (χ3n) is 2.13. The third-order valence-corrected chi connectivity index (χ3v) is 2.13. The van der Waals surface area contributed by atoms with E-state index in [1.807, 2.05) is 20.3 Å². The molecule has 0 spiro atoms. The minimum atomic E-state index is -0.302. The zero-order chi connectivity index (χ0) is 10.6. The van der Waals surface area contributed by atoms with Gasteiger partial charge in [0.25, 0.3) is 0 Å². The van der Waals surface area contributed by atoms with Gasteiger partial charge in [-0.25, -0.2) is 0 Å². The minimum absolute atomic E-state index is 0.00120. The Morgan fingerprint density at radius 3 is 2.43 bits per heavy atom. The Hall–Kier alpha value is -0.910. The van der Waals surface area contributed by atoms with Gasteiger partial charge in [-0.05, 0) is 7.05 Å². The van der Waals surface area contributed by atoms with Crippen molar-refractivity contribution in [2.75, 3.05) is 21.3 Å². The summed E-state index contributed by atoms with van der Waals surface area (Å²) in [4.78, 5) is 0. The average molecular weight is 199 g/mol. The SMILES string of the molecule is CNC(c1cnn(C)c1)C(OC)OC. The van der Waals surface area contributed by atoms with Gasteiger partial charge in [-0.3, -0.25) is 4.68 Å². The van der Waals surface area contributed by atoms with Gasteiger partial charge < -0.3 is 14.8 Å². The normalized spacial score (nSPS) is 13.5. The minimum Gasteiger partial charge on any atom is -0.354 e. The molecule has 80 valence electrons. The maximum atomic E-state index is 5.19. The summed E-state index contributed by atoms with van der Waals surface area (Å²) in [5, 5.41) is 7.23. The summed E-state index contributed by atoms with van der Waals surface area (Å²) in [7, 11) is 6.98. The molecule has 5 heteroatoms. The Balaban J connectivity index is 2.80. The van der Waals surface area contributed by atoms with Crippen LogP contribution in [0, 0.1) is 0 Å². The van der Waals surface area contributed by atoms with E-state index in [1.54, 1.807) is 25.1 Å². The second-order valence-electron chi connectivity index (χ2n) is 3.05. The number of rotatable bonds is 5. The molecule has 1 aromatic heterocycles. The van der Waals surface area contributed by atoms with Crippen LogP contribution >= 0.6 is 0 Å². The van der Waals surface area contributed by atoms with Crippen LogP contribution < -0.4 is 5.32 Å². The van der Waals surface area contributed by atoms with Crippen molar-refractivity contribution in [1.82, 2.24) is 15.1 Å². The molecule has 0 fully saturated rings. The largest absolute Gasteiger partial charge is 0.354 e. The van der Waals surface area contributed by atoms with Crippen LogP contribution in [0.25, 0.3) is 0 Å². The fourth-order valence-electron chi connectivity index (χ4n) is 1.43. The molecular weight excluding hydrogens is 182 g/mol. The van der Waals surface area contributed by atoms with Crippen LogP contribution in [-0.4, -0.2) is 37.3 Å². The average Bonchev–Trinajstić information content (AvgIpc) is 2.60. The molecular formula is C9H17N3O2. The van der Waals surface area contributed by atoms with E-state index in [0.29, 0.717) is 0 Å². The van der Waals surface area contributed by atoms with Crippen LogP contribution in [0.1, 0.15) is 11.6 Å². The number of nitrogens with zero attached hydrogens (tertiary/aromatic N) is 2. The van der Waals surface area contributed by atoms with E-state index in [0.717, 1.165) is 5.56 Å². The number of nitrogens with one attached hydrogen (secondary N) is 1. The second-order valence-corrected chi connectivity index (χ2v) is 3.05. The number of hydrogen-bond donors (Lipinski definition) is 1. The van der Waals surface area contributed by atoms with Crippen molar-refractivity contribution in [3.8, 4) is 0 Å². The molecule has 0 radical (unpaired) electrons. The molecule has 1 atom stereocenters. The number of methoxy groups -OCH3 is 2. The molecule has 1 rings (SSSR count). The van der Waals surface area contributed by atoms with Gasteiger partial charge in [0.2, 0.25) is 0 Å². The zero-order valence-electron chi connectivity index (χ0n) is 9.02. The van der Waals surface area contributed by atoms with E-state index in [4.69, 9.17) is 9.47 Å². The number of likely N-dealkylation sites (N-methyl/N-ethyl adjacent to an activating group) is 1. The van der Waals surface area contributed by atoms with Crippen molar-refractivity contribution in [1.29, 1.82) is 0 Å². The zero-order valence-corrected chi connectivity index (χ0v) is 9.02. The summed E-state index contributed by atoms with van der Waals surface area (Å²) in [6.45, 7) is 0. The lowest BCUT2D eigenvalue weighted by molar-refractivity contribution is -0.123. The maximum absolute atomic E-state index is 5.19. The number of aryl methyl sites for hydroxylation is 1. The van der Waals surface area contributed by atoms with E-state index in [9.17, 15) is 0 Å². The molecule has 1 unspecified atom stereocenters. The first-order valence-electron chi connectivity index (χ1n) is 4.44. The molecule has 14 heavy (non-hydrogen) atoms. The Labute approximate surface area is 84.0 Å². The van der Waals surface area contributed by atoms with E-state index < -0.39 is 0 Å². The first-order chi connectivity index (χ1) is 6.72. The smallest absolute Gasteiger partial charge is 0.176 e. The second kappa shape index (κ2) is 5.09. The fraction of sp³-hybridized carbons (Fsp3) is 0.667. The summed E-state index contributed by atoms with van der Waals surface area (Å²) >= 11 is 0. The molecule has 0 saturated heterocycles. The molecule has 0 aliphatic rings. The van der Waals surface area contributed by atoms with Crippen molar-refractivity contribution >= 4 is 0 Å². The van der Waals surface area contributed by atoms with E-state index in [-0.39, 0.29) is 12.3 Å². The van der Waals surface area contributed by atoms with Crippen LogP contribution in [-0.2, 0) is 16.5 Å². The van der Waals surface area contributed by atoms with Gasteiger partial charge in [0, 0.05) is 33.0 Å². The summed E-state index contributed by atoms with van der Waals surface area (Å²) in [5.41, 5.74) is 1.05. The molecule has 1 aromatic rings. The van der Waals surface area contributed by atoms with E-state index >= 15 is 0 Å². The summed E-state index contributed by atoms with van der Waals surface area (Å²) in [6.07, 6.45) is 3.43.